The van der Waals surface area contributed by atoms with Crippen LogP contribution in [0.15, 0.2) is 6.07 Å². The highest BCUT2D eigenvalue weighted by Gasteiger charge is 2.30. The van der Waals surface area contributed by atoms with Gasteiger partial charge in [-0.05, 0) is 0 Å². The number of nitrogens with two attached hydrogens (primary N) is 1. The number of nitrogens with zero attached hydrogens (tertiary/aromatic N) is 3. The van der Waals surface area contributed by atoms with Gasteiger partial charge in [0.1, 0.15) is 24.8 Å². The first-order valence-corrected chi connectivity index (χ1v) is 4.97. The topological polar surface area (TPSA) is 76.3 Å². The van der Waals surface area contributed by atoms with E-state index in [1.807, 2.05) is 0 Å². The lowest BCUT2D eigenvalue weighted by atomic mass is 10.4. The molecule has 0 unspecified atom stereocenters. The number of nitrogens with one attached hydrogen (secondary N) is 1. The molecule has 6 nitrogen and oxygen atoms in total. The SMILES string of the molecule is COCc1nc(NN)cc(N(C)CC(F)(F)F)n1. The molecule has 0 bridgehead atoms. The third-order valence-corrected chi connectivity index (χ3v) is 1.99. The van der Waals surface area contributed by atoms with Gasteiger partial charge >= 0.3 is 6.18 Å². The number of hydrogen-bond donors (Lipinski definition) is 2. The molecule has 102 valence electrons. The van der Waals surface area contributed by atoms with Crippen LogP contribution >= 0.6 is 0 Å². The van der Waals surface area contributed by atoms with Gasteiger partial charge in [-0.15, -0.1) is 0 Å². The Kier molecular flexibility index (Phi) is 4.68. The maximum Gasteiger partial charge on any atom is 0.405 e. The largest absolute Gasteiger partial charge is 0.405 e. The summed E-state index contributed by atoms with van der Waals surface area (Å²) in [4.78, 5) is 8.85. The Balaban J connectivity index is 2.96. The molecule has 0 aromatic carbocycles. The molecular formula is C9H14F3N5O. The number of alkyl halides is 3. The fourth-order valence-electron chi connectivity index (χ4n) is 1.30. The molecule has 0 aliphatic heterocycles. The van der Waals surface area contributed by atoms with Crippen molar-refractivity contribution < 1.29 is 17.9 Å². The lowest BCUT2D eigenvalue weighted by molar-refractivity contribution is -0.119. The first kappa shape index (κ1) is 14.5. The van der Waals surface area contributed by atoms with Crippen molar-refractivity contribution in [2.24, 2.45) is 5.84 Å². The molecule has 1 aromatic heterocycles. The number of hydrogen-bond acceptors (Lipinski definition) is 6. The van der Waals surface area contributed by atoms with E-state index in [2.05, 4.69) is 15.4 Å². The normalized spacial score (nSPS) is 11.4. The molecule has 0 aliphatic rings. The van der Waals surface area contributed by atoms with Gasteiger partial charge in [0.2, 0.25) is 0 Å². The standard InChI is InChI=1S/C9H14F3N5O/c1-17(5-9(10,11)12)8-3-6(16-13)14-7(15-8)4-18-2/h3H,4-5,13H2,1-2H3,(H,14,15,16). The van der Waals surface area contributed by atoms with Crippen molar-refractivity contribution >= 4 is 11.6 Å². The Hall–Kier alpha value is -1.61. The van der Waals surface area contributed by atoms with E-state index in [9.17, 15) is 13.2 Å². The lowest BCUT2D eigenvalue weighted by Gasteiger charge is -2.20. The summed E-state index contributed by atoms with van der Waals surface area (Å²) in [6.45, 7) is -1.02. The molecule has 3 N–H and O–H groups in total. The van der Waals surface area contributed by atoms with Crippen molar-refractivity contribution in [2.45, 2.75) is 12.8 Å². The van der Waals surface area contributed by atoms with Gasteiger partial charge in [-0.1, -0.05) is 0 Å². The predicted molar refractivity (Wildman–Crippen MR) is 59.9 cm³/mol. The van der Waals surface area contributed by atoms with Crippen molar-refractivity contribution in [1.82, 2.24) is 9.97 Å². The predicted octanol–water partition coefficient (Wildman–Crippen LogP) is 0.907. The first-order chi connectivity index (χ1) is 8.35. The maximum absolute atomic E-state index is 12.3. The zero-order valence-electron chi connectivity index (χ0n) is 9.95. The number of halogens is 3. The lowest BCUT2D eigenvalue weighted by Crippen LogP contribution is -2.31. The van der Waals surface area contributed by atoms with Crippen LogP contribution in [0.2, 0.25) is 0 Å². The summed E-state index contributed by atoms with van der Waals surface area (Å²) in [5.41, 5.74) is 2.27. The minimum atomic E-state index is -4.31. The number of hydrazine groups is 1. The average Bonchev–Trinajstić information content (AvgIpc) is 2.26. The molecule has 0 atom stereocenters. The van der Waals surface area contributed by atoms with Crippen LogP contribution in [0.5, 0.6) is 0 Å². The van der Waals surface area contributed by atoms with Crippen LogP contribution in [0.25, 0.3) is 0 Å². The summed E-state index contributed by atoms with van der Waals surface area (Å²) in [5, 5.41) is 0. The van der Waals surface area contributed by atoms with Crippen molar-refractivity contribution in [3.63, 3.8) is 0 Å². The van der Waals surface area contributed by atoms with Gasteiger partial charge in [0.25, 0.3) is 0 Å². The van der Waals surface area contributed by atoms with Gasteiger partial charge in [0.15, 0.2) is 5.82 Å². The number of aromatic nitrogens is 2. The minimum absolute atomic E-state index is 0.0857. The molecule has 18 heavy (non-hydrogen) atoms. The quantitative estimate of drug-likeness (QED) is 0.608. The number of nitrogen functional groups attached to an aromatic ring is 1. The average molecular weight is 265 g/mol. The van der Waals surface area contributed by atoms with Crippen LogP contribution in [0.1, 0.15) is 5.82 Å². The van der Waals surface area contributed by atoms with E-state index in [1.165, 1.54) is 20.2 Å². The van der Waals surface area contributed by atoms with E-state index in [0.29, 0.717) is 0 Å². The van der Waals surface area contributed by atoms with Crippen molar-refractivity contribution in [3.05, 3.63) is 11.9 Å². The van der Waals surface area contributed by atoms with Crippen LogP contribution in [-0.2, 0) is 11.3 Å². The van der Waals surface area contributed by atoms with Crippen LogP contribution in [0, 0.1) is 0 Å². The monoisotopic (exact) mass is 265 g/mol. The third-order valence-electron chi connectivity index (χ3n) is 1.99. The van der Waals surface area contributed by atoms with Crippen LogP contribution in [0.3, 0.4) is 0 Å². The summed E-state index contributed by atoms with van der Waals surface area (Å²) in [7, 11) is 2.72. The Morgan fingerprint density at radius 1 is 1.44 bits per heavy atom. The van der Waals surface area contributed by atoms with E-state index >= 15 is 0 Å². The molecule has 1 aromatic rings. The molecule has 0 aliphatic carbocycles. The molecular weight excluding hydrogens is 251 g/mol. The number of anilines is 2. The van der Waals surface area contributed by atoms with E-state index < -0.39 is 12.7 Å². The summed E-state index contributed by atoms with van der Waals surface area (Å²) in [6, 6.07) is 1.32. The Bertz CT molecular complexity index is 398. The molecule has 1 heterocycles. The van der Waals surface area contributed by atoms with E-state index in [0.717, 1.165) is 4.90 Å². The highest BCUT2D eigenvalue weighted by atomic mass is 19.4. The second kappa shape index (κ2) is 5.83. The second-order valence-corrected chi connectivity index (χ2v) is 3.58. The van der Waals surface area contributed by atoms with Gasteiger partial charge in [-0.25, -0.2) is 15.8 Å². The molecule has 0 fully saturated rings. The van der Waals surface area contributed by atoms with Crippen molar-refractivity contribution in [2.75, 3.05) is 31.0 Å². The molecule has 0 amide bonds. The zero-order valence-corrected chi connectivity index (χ0v) is 9.95. The third kappa shape index (κ3) is 4.34. The summed E-state index contributed by atoms with van der Waals surface area (Å²) in [5.74, 6) is 5.77. The fraction of sp³-hybridized carbons (Fsp3) is 0.556. The Morgan fingerprint density at radius 2 is 2.11 bits per heavy atom. The highest BCUT2D eigenvalue weighted by Crippen LogP contribution is 2.21. The van der Waals surface area contributed by atoms with E-state index in [1.54, 1.807) is 0 Å². The highest BCUT2D eigenvalue weighted by molar-refractivity contribution is 5.48. The van der Waals surface area contributed by atoms with E-state index in [-0.39, 0.29) is 24.1 Å². The van der Waals surface area contributed by atoms with Gasteiger partial charge in [0, 0.05) is 20.2 Å². The number of ether oxygens (including phenoxy) is 1. The summed E-state index contributed by atoms with van der Waals surface area (Å²) >= 11 is 0. The van der Waals surface area contributed by atoms with Crippen LogP contribution in [0.4, 0.5) is 24.8 Å². The Morgan fingerprint density at radius 3 is 2.61 bits per heavy atom. The van der Waals surface area contributed by atoms with Crippen LogP contribution in [-0.4, -0.2) is 36.8 Å². The minimum Gasteiger partial charge on any atom is -0.377 e. The molecule has 9 heteroatoms. The van der Waals surface area contributed by atoms with Crippen molar-refractivity contribution in [1.29, 1.82) is 0 Å². The van der Waals surface area contributed by atoms with Gasteiger partial charge in [-0.2, -0.15) is 13.2 Å². The van der Waals surface area contributed by atoms with Crippen molar-refractivity contribution in [3.8, 4) is 0 Å². The van der Waals surface area contributed by atoms with Gasteiger partial charge < -0.3 is 15.1 Å². The number of methoxy groups -OCH3 is 1. The summed E-state index contributed by atoms with van der Waals surface area (Å²) < 4.78 is 41.6. The van der Waals surface area contributed by atoms with E-state index in [4.69, 9.17) is 10.6 Å². The van der Waals surface area contributed by atoms with Gasteiger partial charge in [-0.3, -0.25) is 0 Å². The maximum atomic E-state index is 12.3. The fourth-order valence-corrected chi connectivity index (χ4v) is 1.30. The second-order valence-electron chi connectivity index (χ2n) is 3.58. The molecule has 0 radical (unpaired) electrons. The molecule has 0 saturated heterocycles. The molecule has 1 rings (SSSR count). The zero-order chi connectivity index (χ0) is 13.8. The Labute approximate surface area is 102 Å². The number of rotatable bonds is 5. The van der Waals surface area contributed by atoms with Crippen LogP contribution < -0.4 is 16.2 Å². The smallest absolute Gasteiger partial charge is 0.377 e. The first-order valence-electron chi connectivity index (χ1n) is 4.97. The molecule has 0 saturated carbocycles. The van der Waals surface area contributed by atoms with Gasteiger partial charge in [0.05, 0.1) is 0 Å². The molecule has 0 spiro atoms. The summed E-state index contributed by atoms with van der Waals surface area (Å²) in [6.07, 6.45) is -4.31.